The van der Waals surface area contributed by atoms with Gasteiger partial charge < -0.3 is 9.47 Å². The summed E-state index contributed by atoms with van der Waals surface area (Å²) in [5.74, 6) is 3.00. The zero-order chi connectivity index (χ0) is 17.4. The predicted molar refractivity (Wildman–Crippen MR) is 96.0 cm³/mol. The first kappa shape index (κ1) is 17.0. The van der Waals surface area contributed by atoms with Gasteiger partial charge in [-0.2, -0.15) is 0 Å². The molecule has 1 saturated carbocycles. The molecule has 2 aliphatic heterocycles. The topological polar surface area (TPSA) is 54.3 Å². The van der Waals surface area contributed by atoms with E-state index in [-0.39, 0.29) is 5.41 Å². The van der Waals surface area contributed by atoms with Crippen LogP contribution in [-0.2, 0) is 18.4 Å². The lowest BCUT2D eigenvalue weighted by atomic mass is 9.94. The summed E-state index contributed by atoms with van der Waals surface area (Å²) in [5.41, 5.74) is -0.0424. The summed E-state index contributed by atoms with van der Waals surface area (Å²) in [5, 5.41) is 9.00. The molecule has 0 bridgehead atoms. The van der Waals surface area contributed by atoms with E-state index in [1.807, 2.05) is 0 Å². The number of aromatic nitrogens is 3. The molecule has 0 aromatic carbocycles. The van der Waals surface area contributed by atoms with Crippen molar-refractivity contribution < 1.29 is 4.79 Å². The Balaban J connectivity index is 1.36. The first-order valence-corrected chi connectivity index (χ1v) is 9.97. The van der Waals surface area contributed by atoms with Crippen LogP contribution in [0.4, 0.5) is 0 Å². The van der Waals surface area contributed by atoms with Crippen molar-refractivity contribution in [1.82, 2.24) is 24.6 Å². The molecule has 0 radical (unpaired) electrons. The van der Waals surface area contributed by atoms with Crippen molar-refractivity contribution in [2.24, 2.45) is 12.5 Å². The number of carbonyl (C=O) groups excluding carboxylic acids is 1. The molecule has 1 aromatic rings. The minimum atomic E-state index is -0.0424. The molecule has 6 heteroatoms. The number of nitrogens with zero attached hydrogens (tertiary/aromatic N) is 5. The van der Waals surface area contributed by atoms with Gasteiger partial charge in [-0.1, -0.05) is 13.3 Å². The van der Waals surface area contributed by atoms with Gasteiger partial charge >= 0.3 is 0 Å². The highest BCUT2D eigenvalue weighted by molar-refractivity contribution is 5.85. The Morgan fingerprint density at radius 1 is 1.08 bits per heavy atom. The van der Waals surface area contributed by atoms with Crippen LogP contribution in [0.15, 0.2) is 0 Å². The second kappa shape index (κ2) is 6.71. The van der Waals surface area contributed by atoms with E-state index in [0.717, 1.165) is 57.0 Å². The molecule has 4 rings (SSSR count). The monoisotopic (exact) mass is 345 g/mol. The number of amides is 1. The van der Waals surface area contributed by atoms with Crippen LogP contribution < -0.4 is 0 Å². The van der Waals surface area contributed by atoms with Crippen molar-refractivity contribution in [3.8, 4) is 0 Å². The van der Waals surface area contributed by atoms with Gasteiger partial charge in [-0.15, -0.1) is 10.2 Å². The highest BCUT2D eigenvalue weighted by Crippen LogP contribution is 2.47. The SMILES string of the molecule is Cn1c(CN2CCCCC2)nnc1C1CCN(C(=O)C2(C)CC2)CC1. The summed E-state index contributed by atoms with van der Waals surface area (Å²) in [6.45, 7) is 7.12. The van der Waals surface area contributed by atoms with Crippen LogP contribution in [0, 0.1) is 5.41 Å². The Labute approximate surface area is 150 Å². The van der Waals surface area contributed by atoms with Gasteiger partial charge in [0.05, 0.1) is 6.54 Å². The average molecular weight is 345 g/mol. The lowest BCUT2D eigenvalue weighted by Gasteiger charge is -2.33. The van der Waals surface area contributed by atoms with Crippen molar-refractivity contribution in [2.45, 2.75) is 64.3 Å². The summed E-state index contributed by atoms with van der Waals surface area (Å²) >= 11 is 0. The molecule has 2 saturated heterocycles. The lowest BCUT2D eigenvalue weighted by Crippen LogP contribution is -2.41. The lowest BCUT2D eigenvalue weighted by molar-refractivity contribution is -0.137. The van der Waals surface area contributed by atoms with Gasteiger partial charge in [0, 0.05) is 31.5 Å². The molecule has 0 spiro atoms. The third-order valence-electron chi connectivity index (χ3n) is 6.48. The number of likely N-dealkylation sites (tertiary alicyclic amines) is 2. The largest absolute Gasteiger partial charge is 0.342 e. The Morgan fingerprint density at radius 2 is 1.76 bits per heavy atom. The van der Waals surface area contributed by atoms with E-state index in [4.69, 9.17) is 0 Å². The molecule has 1 amide bonds. The van der Waals surface area contributed by atoms with Crippen LogP contribution in [-0.4, -0.2) is 56.7 Å². The van der Waals surface area contributed by atoms with E-state index < -0.39 is 0 Å². The highest BCUT2D eigenvalue weighted by atomic mass is 16.2. The van der Waals surface area contributed by atoms with Gasteiger partial charge in [0.25, 0.3) is 0 Å². The van der Waals surface area contributed by atoms with Crippen LogP contribution in [0.2, 0.25) is 0 Å². The van der Waals surface area contributed by atoms with E-state index in [1.54, 1.807) is 0 Å². The second-order valence-electron chi connectivity index (χ2n) is 8.50. The molecule has 1 aromatic heterocycles. The summed E-state index contributed by atoms with van der Waals surface area (Å²) in [6.07, 6.45) is 8.11. The molecule has 6 nitrogen and oxygen atoms in total. The molecular formula is C19H31N5O. The Kier molecular flexibility index (Phi) is 4.56. The third kappa shape index (κ3) is 3.46. The normalized spacial score (nSPS) is 24.5. The maximum absolute atomic E-state index is 12.5. The Bertz CT molecular complexity index is 622. The molecule has 0 N–H and O–H groups in total. The standard InChI is InChI=1S/C19H31N5O/c1-19(8-9-19)18(25)24-12-6-15(7-13-24)17-21-20-16(22(17)2)14-23-10-4-3-5-11-23/h15H,3-14H2,1-2H3. The molecule has 138 valence electrons. The number of rotatable bonds is 4. The summed E-state index contributed by atoms with van der Waals surface area (Å²) < 4.78 is 2.21. The van der Waals surface area contributed by atoms with Crippen LogP contribution in [0.1, 0.15) is 69.4 Å². The molecule has 0 atom stereocenters. The fourth-order valence-corrected chi connectivity index (χ4v) is 4.31. The molecule has 25 heavy (non-hydrogen) atoms. The second-order valence-corrected chi connectivity index (χ2v) is 8.50. The fourth-order valence-electron chi connectivity index (χ4n) is 4.31. The van der Waals surface area contributed by atoms with Crippen molar-refractivity contribution >= 4 is 5.91 Å². The average Bonchev–Trinajstić information content (AvgIpc) is 3.30. The molecule has 3 aliphatic rings. The van der Waals surface area contributed by atoms with Crippen LogP contribution in [0.3, 0.4) is 0 Å². The summed E-state index contributed by atoms with van der Waals surface area (Å²) in [7, 11) is 2.11. The quantitative estimate of drug-likeness (QED) is 0.840. The fraction of sp³-hybridized carbons (Fsp3) is 0.842. The smallest absolute Gasteiger partial charge is 0.228 e. The van der Waals surface area contributed by atoms with Crippen molar-refractivity contribution in [1.29, 1.82) is 0 Å². The van der Waals surface area contributed by atoms with Gasteiger partial charge in [0.2, 0.25) is 5.91 Å². The first-order valence-electron chi connectivity index (χ1n) is 9.97. The number of piperidine rings is 2. The van der Waals surface area contributed by atoms with E-state index >= 15 is 0 Å². The third-order valence-corrected chi connectivity index (χ3v) is 6.48. The van der Waals surface area contributed by atoms with Crippen LogP contribution in [0.5, 0.6) is 0 Å². The predicted octanol–water partition coefficient (Wildman–Crippen LogP) is 2.31. The number of carbonyl (C=O) groups is 1. The summed E-state index contributed by atoms with van der Waals surface area (Å²) in [6, 6.07) is 0. The molecule has 3 heterocycles. The number of hydrogen-bond donors (Lipinski definition) is 0. The van der Waals surface area contributed by atoms with E-state index in [1.165, 1.54) is 32.4 Å². The van der Waals surface area contributed by atoms with Crippen LogP contribution >= 0.6 is 0 Å². The zero-order valence-electron chi connectivity index (χ0n) is 15.7. The van der Waals surface area contributed by atoms with Gasteiger partial charge in [-0.3, -0.25) is 9.69 Å². The van der Waals surface area contributed by atoms with Crippen molar-refractivity contribution in [2.75, 3.05) is 26.2 Å². The summed E-state index contributed by atoms with van der Waals surface area (Å²) in [4.78, 5) is 17.1. The van der Waals surface area contributed by atoms with Crippen molar-refractivity contribution in [3.05, 3.63) is 11.6 Å². The van der Waals surface area contributed by atoms with Gasteiger partial charge in [-0.25, -0.2) is 0 Å². The van der Waals surface area contributed by atoms with Gasteiger partial charge in [0.1, 0.15) is 11.6 Å². The Hall–Kier alpha value is -1.43. The van der Waals surface area contributed by atoms with E-state index in [0.29, 0.717) is 11.8 Å². The first-order chi connectivity index (χ1) is 12.1. The molecular weight excluding hydrogens is 314 g/mol. The van der Waals surface area contributed by atoms with Gasteiger partial charge in [-0.05, 0) is 51.6 Å². The molecule has 0 unspecified atom stereocenters. The van der Waals surface area contributed by atoms with Gasteiger partial charge in [0.15, 0.2) is 0 Å². The van der Waals surface area contributed by atoms with E-state index in [2.05, 4.69) is 38.5 Å². The van der Waals surface area contributed by atoms with Crippen molar-refractivity contribution in [3.63, 3.8) is 0 Å². The molecule has 3 fully saturated rings. The maximum Gasteiger partial charge on any atom is 0.228 e. The van der Waals surface area contributed by atoms with E-state index in [9.17, 15) is 4.79 Å². The maximum atomic E-state index is 12.5. The zero-order valence-corrected chi connectivity index (χ0v) is 15.7. The highest BCUT2D eigenvalue weighted by Gasteiger charge is 2.47. The number of hydrogen-bond acceptors (Lipinski definition) is 4. The molecule has 1 aliphatic carbocycles. The van der Waals surface area contributed by atoms with Crippen LogP contribution in [0.25, 0.3) is 0 Å². The minimum absolute atomic E-state index is 0.0424. The Morgan fingerprint density at radius 3 is 2.40 bits per heavy atom. The minimum Gasteiger partial charge on any atom is -0.342 e.